The van der Waals surface area contributed by atoms with E-state index in [2.05, 4.69) is 69.4 Å². The number of allylic oxidation sites excluding steroid dienone is 8. The molecule has 0 fully saturated rings. The van der Waals surface area contributed by atoms with Crippen molar-refractivity contribution in [3.8, 4) is 0 Å². The Morgan fingerprint density at radius 3 is 0.968 bits per heavy atom. The maximum Gasteiger partial charge on any atom is 0.306 e. The first-order valence-corrected chi connectivity index (χ1v) is 27.1. The van der Waals surface area contributed by atoms with E-state index in [1.54, 1.807) is 0 Å². The molecule has 0 N–H and O–H groups in total. The first-order chi connectivity index (χ1) is 31.0. The van der Waals surface area contributed by atoms with Crippen molar-refractivity contribution < 1.29 is 28.6 Å². The fraction of sp³-hybridized carbons (Fsp3) is 0.807. The zero-order valence-electron chi connectivity index (χ0n) is 41.8. The Morgan fingerprint density at radius 1 is 0.317 bits per heavy atom. The summed E-state index contributed by atoms with van der Waals surface area (Å²) >= 11 is 0. The van der Waals surface area contributed by atoms with Crippen LogP contribution in [0.15, 0.2) is 48.6 Å². The number of unbranched alkanes of at least 4 members (excludes halogenated alkanes) is 30. The molecule has 0 rings (SSSR count). The zero-order valence-corrected chi connectivity index (χ0v) is 41.8. The van der Waals surface area contributed by atoms with Crippen LogP contribution in [-0.2, 0) is 28.6 Å². The van der Waals surface area contributed by atoms with Crippen molar-refractivity contribution >= 4 is 17.9 Å². The molecule has 6 heteroatoms. The fourth-order valence-corrected chi connectivity index (χ4v) is 7.62. The first kappa shape index (κ1) is 60.4. The molecule has 0 radical (unpaired) electrons. The molecule has 63 heavy (non-hydrogen) atoms. The van der Waals surface area contributed by atoms with E-state index in [0.717, 1.165) is 89.9 Å². The predicted molar refractivity (Wildman–Crippen MR) is 270 cm³/mol. The molecule has 0 aromatic carbocycles. The van der Waals surface area contributed by atoms with Gasteiger partial charge in [0.15, 0.2) is 6.10 Å². The van der Waals surface area contributed by atoms with E-state index in [1.165, 1.54) is 148 Å². The zero-order chi connectivity index (χ0) is 45.8. The van der Waals surface area contributed by atoms with E-state index in [9.17, 15) is 14.4 Å². The van der Waals surface area contributed by atoms with Gasteiger partial charge in [-0.25, -0.2) is 0 Å². The molecule has 0 aliphatic heterocycles. The summed E-state index contributed by atoms with van der Waals surface area (Å²) in [6, 6.07) is 0. The molecule has 1 unspecified atom stereocenters. The first-order valence-electron chi connectivity index (χ1n) is 27.1. The van der Waals surface area contributed by atoms with Crippen molar-refractivity contribution in [3.63, 3.8) is 0 Å². The molecule has 0 heterocycles. The largest absolute Gasteiger partial charge is 0.462 e. The lowest BCUT2D eigenvalue weighted by Crippen LogP contribution is -2.30. The number of hydrogen-bond donors (Lipinski definition) is 0. The summed E-state index contributed by atoms with van der Waals surface area (Å²) in [4.78, 5) is 38.0. The van der Waals surface area contributed by atoms with Crippen LogP contribution in [0, 0.1) is 0 Å². The molecule has 0 aromatic rings. The van der Waals surface area contributed by atoms with Gasteiger partial charge in [-0.15, -0.1) is 0 Å². The second-order valence-corrected chi connectivity index (χ2v) is 18.1. The predicted octanol–water partition coefficient (Wildman–Crippen LogP) is 17.9. The fourth-order valence-electron chi connectivity index (χ4n) is 7.62. The van der Waals surface area contributed by atoms with E-state index in [1.807, 2.05) is 0 Å². The topological polar surface area (TPSA) is 78.9 Å². The second-order valence-electron chi connectivity index (χ2n) is 18.1. The third-order valence-corrected chi connectivity index (χ3v) is 11.8. The van der Waals surface area contributed by atoms with Crippen LogP contribution >= 0.6 is 0 Å². The maximum atomic E-state index is 12.8. The van der Waals surface area contributed by atoms with E-state index in [4.69, 9.17) is 14.2 Å². The van der Waals surface area contributed by atoms with Gasteiger partial charge < -0.3 is 14.2 Å². The average Bonchev–Trinajstić information content (AvgIpc) is 3.28. The van der Waals surface area contributed by atoms with Gasteiger partial charge in [0, 0.05) is 19.3 Å². The Hall–Kier alpha value is -2.63. The summed E-state index contributed by atoms with van der Waals surface area (Å²) in [7, 11) is 0. The monoisotopic (exact) mass is 883 g/mol. The molecule has 0 saturated carbocycles. The number of esters is 3. The molecule has 0 bridgehead atoms. The molecule has 0 spiro atoms. The summed E-state index contributed by atoms with van der Waals surface area (Å²) in [6.07, 6.45) is 62.4. The van der Waals surface area contributed by atoms with Crippen LogP contribution in [-0.4, -0.2) is 37.2 Å². The van der Waals surface area contributed by atoms with Crippen LogP contribution in [0.5, 0.6) is 0 Å². The molecule has 0 amide bonds. The third-order valence-electron chi connectivity index (χ3n) is 11.8. The quantitative estimate of drug-likeness (QED) is 0.0262. The van der Waals surface area contributed by atoms with Crippen molar-refractivity contribution in [1.82, 2.24) is 0 Å². The van der Waals surface area contributed by atoms with Crippen molar-refractivity contribution in [2.45, 2.75) is 284 Å². The minimum Gasteiger partial charge on any atom is -0.462 e. The smallest absolute Gasteiger partial charge is 0.306 e. The van der Waals surface area contributed by atoms with E-state index >= 15 is 0 Å². The molecule has 6 nitrogen and oxygen atoms in total. The highest BCUT2D eigenvalue weighted by Gasteiger charge is 2.19. The SMILES string of the molecule is CCCC/C=C\C/C=C\CCCCCCCC(=O)OC(COC(=O)CCCCCCC/C=C\CCCCC)COC(=O)CCCCCCCCCCC/C=C\CCCCCCCC. The Kier molecular flexibility index (Phi) is 49.8. The van der Waals surface area contributed by atoms with Crippen LogP contribution in [0.3, 0.4) is 0 Å². The van der Waals surface area contributed by atoms with E-state index < -0.39 is 6.10 Å². The Labute approximate surface area is 390 Å². The minimum absolute atomic E-state index is 0.0815. The average molecular weight is 883 g/mol. The van der Waals surface area contributed by atoms with Crippen molar-refractivity contribution in [2.24, 2.45) is 0 Å². The number of rotatable bonds is 49. The Morgan fingerprint density at radius 2 is 0.587 bits per heavy atom. The van der Waals surface area contributed by atoms with Crippen LogP contribution < -0.4 is 0 Å². The number of hydrogen-bond acceptors (Lipinski definition) is 6. The van der Waals surface area contributed by atoms with Crippen LogP contribution in [0.25, 0.3) is 0 Å². The van der Waals surface area contributed by atoms with Crippen LogP contribution in [0.1, 0.15) is 278 Å². The molecular weight excluding hydrogens is 781 g/mol. The summed E-state index contributed by atoms with van der Waals surface area (Å²) in [5.74, 6) is -0.899. The molecular formula is C57H102O6. The summed E-state index contributed by atoms with van der Waals surface area (Å²) < 4.78 is 16.8. The molecule has 366 valence electrons. The normalized spacial score (nSPS) is 12.4. The summed E-state index contributed by atoms with van der Waals surface area (Å²) in [6.45, 7) is 6.57. The minimum atomic E-state index is -0.783. The van der Waals surface area contributed by atoms with Crippen molar-refractivity contribution in [2.75, 3.05) is 13.2 Å². The Balaban J connectivity index is 4.35. The number of carbonyl (C=O) groups is 3. The summed E-state index contributed by atoms with van der Waals surface area (Å²) in [5.41, 5.74) is 0. The highest BCUT2D eigenvalue weighted by atomic mass is 16.6. The third kappa shape index (κ3) is 50.2. The lowest BCUT2D eigenvalue weighted by molar-refractivity contribution is -0.167. The van der Waals surface area contributed by atoms with Gasteiger partial charge in [-0.1, -0.05) is 211 Å². The number of carbonyl (C=O) groups excluding carboxylic acids is 3. The van der Waals surface area contributed by atoms with Gasteiger partial charge in [0.1, 0.15) is 13.2 Å². The van der Waals surface area contributed by atoms with Gasteiger partial charge in [-0.05, 0) is 96.3 Å². The van der Waals surface area contributed by atoms with Gasteiger partial charge in [-0.3, -0.25) is 14.4 Å². The van der Waals surface area contributed by atoms with Crippen molar-refractivity contribution in [1.29, 1.82) is 0 Å². The van der Waals surface area contributed by atoms with E-state index in [-0.39, 0.29) is 31.1 Å². The second kappa shape index (κ2) is 52.0. The summed E-state index contributed by atoms with van der Waals surface area (Å²) in [5, 5.41) is 0. The highest BCUT2D eigenvalue weighted by Crippen LogP contribution is 2.15. The van der Waals surface area contributed by atoms with E-state index in [0.29, 0.717) is 19.3 Å². The molecule has 1 atom stereocenters. The van der Waals surface area contributed by atoms with Gasteiger partial charge >= 0.3 is 17.9 Å². The van der Waals surface area contributed by atoms with Gasteiger partial charge in [0.05, 0.1) is 0 Å². The molecule has 0 aromatic heterocycles. The molecule has 0 saturated heterocycles. The van der Waals surface area contributed by atoms with Gasteiger partial charge in [0.25, 0.3) is 0 Å². The number of ether oxygens (including phenoxy) is 3. The molecule has 0 aliphatic rings. The lowest BCUT2D eigenvalue weighted by Gasteiger charge is -2.18. The van der Waals surface area contributed by atoms with Gasteiger partial charge in [-0.2, -0.15) is 0 Å². The Bertz CT molecular complexity index is 1110. The lowest BCUT2D eigenvalue weighted by atomic mass is 10.1. The standard InChI is InChI=1S/C57H102O6/c1-4-7-10-13-16-19-22-25-27-28-29-30-31-33-35-38-41-44-47-50-56(59)62-53-54(52-61-55(58)49-46-43-40-37-34-24-21-18-15-12-9-6-3)63-57(60)51-48-45-42-39-36-32-26-23-20-17-14-11-8-5-2/h14,17-18,21,23,25-27,54H,4-13,15-16,19-20,22,24,28-53H2,1-3H3/b17-14-,21-18-,26-23-,27-25-. The maximum absolute atomic E-state index is 12.8. The molecule has 0 aliphatic carbocycles. The van der Waals surface area contributed by atoms with Gasteiger partial charge in [0.2, 0.25) is 0 Å². The van der Waals surface area contributed by atoms with Crippen molar-refractivity contribution in [3.05, 3.63) is 48.6 Å². The highest BCUT2D eigenvalue weighted by molar-refractivity contribution is 5.71. The van der Waals surface area contributed by atoms with Crippen LogP contribution in [0.4, 0.5) is 0 Å². The van der Waals surface area contributed by atoms with Crippen LogP contribution in [0.2, 0.25) is 0 Å².